The molecule has 4 rings (SSSR count). The molecule has 1 heterocycles. The Morgan fingerprint density at radius 2 is 1.63 bits per heavy atom. The van der Waals surface area contributed by atoms with Gasteiger partial charge >= 0.3 is 0 Å². The first-order chi connectivity index (χ1) is 13.1. The predicted molar refractivity (Wildman–Crippen MR) is 102 cm³/mol. The molecule has 2 bridgehead atoms. The van der Waals surface area contributed by atoms with Crippen LogP contribution >= 0.6 is 0 Å². The van der Waals surface area contributed by atoms with Crippen molar-refractivity contribution in [2.24, 2.45) is 35.5 Å². The topological polar surface area (TPSA) is 84.2 Å². The molecule has 0 aromatic heterocycles. The molecule has 3 aliphatic carbocycles. The van der Waals surface area contributed by atoms with Gasteiger partial charge < -0.3 is 20.2 Å². The van der Waals surface area contributed by atoms with Gasteiger partial charge in [-0.2, -0.15) is 0 Å². The minimum Gasteiger partial charge on any atom is -0.395 e. The quantitative estimate of drug-likeness (QED) is 0.583. The van der Waals surface area contributed by atoms with Crippen molar-refractivity contribution in [1.82, 2.24) is 9.80 Å². The monoisotopic (exact) mass is 380 g/mol. The molecule has 1 aliphatic heterocycles. The number of fused-ring (bicyclic) bond motifs is 5. The van der Waals surface area contributed by atoms with Crippen LogP contribution in [0.3, 0.4) is 0 Å². The number of carbonyl (C=O) groups is 1. The highest BCUT2D eigenvalue weighted by Crippen LogP contribution is 2.57. The molecule has 4 aliphatic rings. The zero-order valence-corrected chi connectivity index (χ0v) is 16.4. The maximum atomic E-state index is 13.1. The third kappa shape index (κ3) is 3.66. The normalized spacial score (nSPS) is 41.0. The molecule has 3 saturated carbocycles. The first kappa shape index (κ1) is 19.6. The molecular weight excluding hydrogens is 344 g/mol. The third-order valence-corrected chi connectivity index (χ3v) is 8.04. The molecule has 154 valence electrons. The summed E-state index contributed by atoms with van der Waals surface area (Å²) in [6, 6.07) is 0. The van der Waals surface area contributed by atoms with Crippen molar-refractivity contribution in [3.8, 4) is 0 Å². The van der Waals surface area contributed by atoms with E-state index < -0.39 is 6.23 Å². The number of amides is 1. The fourth-order valence-corrected chi connectivity index (χ4v) is 6.79. The summed E-state index contributed by atoms with van der Waals surface area (Å²) in [5, 5.41) is 29.5. The maximum absolute atomic E-state index is 13.1. The Labute approximate surface area is 162 Å². The van der Waals surface area contributed by atoms with Crippen LogP contribution in [0.25, 0.3) is 0 Å². The van der Waals surface area contributed by atoms with E-state index in [1.54, 1.807) is 0 Å². The van der Waals surface area contributed by atoms with E-state index in [1.807, 2.05) is 4.90 Å². The van der Waals surface area contributed by atoms with E-state index in [4.69, 9.17) is 0 Å². The molecule has 3 N–H and O–H groups in total. The van der Waals surface area contributed by atoms with Crippen LogP contribution in [0.4, 0.5) is 0 Å². The van der Waals surface area contributed by atoms with E-state index >= 15 is 0 Å². The summed E-state index contributed by atoms with van der Waals surface area (Å²) in [5.74, 6) is 2.42. The molecule has 1 saturated heterocycles. The molecular formula is C21H36N2O4. The molecule has 0 spiro atoms. The van der Waals surface area contributed by atoms with Crippen molar-refractivity contribution < 1.29 is 20.1 Å². The Balaban J connectivity index is 1.41. The Kier molecular flexibility index (Phi) is 6.07. The largest absolute Gasteiger partial charge is 0.395 e. The van der Waals surface area contributed by atoms with Crippen LogP contribution in [0.5, 0.6) is 0 Å². The summed E-state index contributed by atoms with van der Waals surface area (Å²) in [6.45, 7) is 2.93. The smallest absolute Gasteiger partial charge is 0.228 e. The average molecular weight is 381 g/mol. The lowest BCUT2D eigenvalue weighted by atomic mass is 9.78. The van der Waals surface area contributed by atoms with Gasteiger partial charge in [0.15, 0.2) is 0 Å². The highest BCUT2D eigenvalue weighted by Gasteiger charge is 2.60. The number of likely N-dealkylation sites (tertiary alicyclic amines) is 1. The van der Waals surface area contributed by atoms with Gasteiger partial charge in [0, 0.05) is 38.0 Å². The standard InChI is InChI=1S/C21H36N2O4/c24-9-7-22(8-10-25)12-16-3-1-2-4-17(16)13-23-20(26)18-14-5-6-15(11-14)19(18)21(23)27/h14-20,24-26H,1-13H2. The summed E-state index contributed by atoms with van der Waals surface area (Å²) < 4.78 is 0. The highest BCUT2D eigenvalue weighted by molar-refractivity contribution is 5.83. The summed E-state index contributed by atoms with van der Waals surface area (Å²) >= 11 is 0. The van der Waals surface area contributed by atoms with Crippen molar-refractivity contribution in [3.05, 3.63) is 0 Å². The van der Waals surface area contributed by atoms with Crippen LogP contribution in [-0.2, 0) is 4.79 Å². The molecule has 0 aromatic carbocycles. The second-order valence-corrected chi connectivity index (χ2v) is 9.39. The first-order valence-electron chi connectivity index (χ1n) is 11.1. The van der Waals surface area contributed by atoms with Crippen molar-refractivity contribution in [1.29, 1.82) is 0 Å². The Morgan fingerprint density at radius 3 is 2.30 bits per heavy atom. The van der Waals surface area contributed by atoms with E-state index in [9.17, 15) is 20.1 Å². The average Bonchev–Trinajstić information content (AvgIpc) is 3.33. The second-order valence-electron chi connectivity index (χ2n) is 9.39. The molecule has 0 aromatic rings. The first-order valence-corrected chi connectivity index (χ1v) is 11.1. The zero-order valence-electron chi connectivity index (χ0n) is 16.4. The van der Waals surface area contributed by atoms with Gasteiger partial charge in [0.05, 0.1) is 13.2 Å². The van der Waals surface area contributed by atoms with Crippen molar-refractivity contribution in [3.63, 3.8) is 0 Å². The summed E-state index contributed by atoms with van der Waals surface area (Å²) in [4.78, 5) is 17.0. The zero-order chi connectivity index (χ0) is 19.0. The van der Waals surface area contributed by atoms with Gasteiger partial charge in [-0.15, -0.1) is 0 Å². The Hall–Kier alpha value is -0.690. The molecule has 0 radical (unpaired) electrons. The number of hydrogen-bond donors (Lipinski definition) is 3. The van der Waals surface area contributed by atoms with E-state index in [2.05, 4.69) is 4.90 Å². The van der Waals surface area contributed by atoms with E-state index in [1.165, 1.54) is 25.7 Å². The summed E-state index contributed by atoms with van der Waals surface area (Å²) in [7, 11) is 0. The molecule has 7 atom stereocenters. The van der Waals surface area contributed by atoms with Gasteiger partial charge in [0.2, 0.25) is 5.91 Å². The number of carbonyl (C=O) groups excluding carboxylic acids is 1. The molecule has 7 unspecified atom stereocenters. The molecule has 1 amide bonds. The minimum atomic E-state index is -0.577. The summed E-state index contributed by atoms with van der Waals surface area (Å²) in [5.41, 5.74) is 0. The third-order valence-electron chi connectivity index (χ3n) is 8.04. The molecule has 4 fully saturated rings. The summed E-state index contributed by atoms with van der Waals surface area (Å²) in [6.07, 6.45) is 7.57. The molecule has 27 heavy (non-hydrogen) atoms. The van der Waals surface area contributed by atoms with Crippen molar-refractivity contribution in [2.45, 2.75) is 51.2 Å². The van der Waals surface area contributed by atoms with Gasteiger partial charge in [0.1, 0.15) is 6.23 Å². The van der Waals surface area contributed by atoms with Gasteiger partial charge in [-0.1, -0.05) is 12.8 Å². The van der Waals surface area contributed by atoms with Crippen molar-refractivity contribution >= 4 is 5.91 Å². The van der Waals surface area contributed by atoms with Crippen LogP contribution in [0.1, 0.15) is 44.9 Å². The lowest BCUT2D eigenvalue weighted by Gasteiger charge is -2.38. The van der Waals surface area contributed by atoms with Crippen LogP contribution in [0.2, 0.25) is 0 Å². The van der Waals surface area contributed by atoms with Gasteiger partial charge in [-0.25, -0.2) is 0 Å². The number of nitrogens with zero attached hydrogens (tertiary/aromatic N) is 2. The van der Waals surface area contributed by atoms with Crippen molar-refractivity contribution in [2.75, 3.05) is 39.4 Å². The Morgan fingerprint density at radius 1 is 0.963 bits per heavy atom. The highest BCUT2D eigenvalue weighted by atomic mass is 16.3. The Bertz CT molecular complexity index is 524. The fraction of sp³-hybridized carbons (Fsp3) is 0.952. The maximum Gasteiger partial charge on any atom is 0.228 e. The van der Waals surface area contributed by atoms with Crippen LogP contribution in [0.15, 0.2) is 0 Å². The molecule has 6 heteroatoms. The van der Waals surface area contributed by atoms with Crippen LogP contribution in [0, 0.1) is 35.5 Å². The van der Waals surface area contributed by atoms with Gasteiger partial charge in [0.25, 0.3) is 0 Å². The number of rotatable bonds is 8. The van der Waals surface area contributed by atoms with Gasteiger partial charge in [-0.05, 0) is 55.8 Å². The van der Waals surface area contributed by atoms with E-state index in [-0.39, 0.29) is 31.0 Å². The molecule has 6 nitrogen and oxygen atoms in total. The minimum absolute atomic E-state index is 0.0843. The second kappa shape index (κ2) is 8.36. The predicted octanol–water partition coefficient (Wildman–Crippen LogP) is 0.902. The number of aliphatic hydroxyl groups excluding tert-OH is 3. The number of aliphatic hydroxyl groups is 3. The van der Waals surface area contributed by atoms with Crippen LogP contribution in [-0.4, -0.2) is 76.6 Å². The fourth-order valence-electron chi connectivity index (χ4n) is 6.79. The van der Waals surface area contributed by atoms with Gasteiger partial charge in [-0.3, -0.25) is 9.69 Å². The lowest BCUT2D eigenvalue weighted by Crippen LogP contribution is -2.45. The van der Waals surface area contributed by atoms with E-state index in [0.717, 1.165) is 25.8 Å². The van der Waals surface area contributed by atoms with Crippen LogP contribution < -0.4 is 0 Å². The van der Waals surface area contributed by atoms with E-state index in [0.29, 0.717) is 43.3 Å². The SMILES string of the molecule is O=C1C2C3CCC(C3)C2C(O)N1CC1CCCCC1CN(CCO)CCO. The number of hydrogen-bond acceptors (Lipinski definition) is 5. The lowest BCUT2D eigenvalue weighted by molar-refractivity contribution is -0.138.